The topological polar surface area (TPSA) is 77.5 Å². The van der Waals surface area contributed by atoms with Crippen molar-refractivity contribution in [2.75, 3.05) is 6.61 Å². The minimum absolute atomic E-state index is 0.0423. The lowest BCUT2D eigenvalue weighted by Gasteiger charge is -2.60. The molecule has 158 valence electrons. The molecule has 0 N–H and O–H groups in total. The molecule has 1 saturated carbocycles. The maximum absolute atomic E-state index is 14.5. The van der Waals surface area contributed by atoms with Gasteiger partial charge in [0.15, 0.2) is 11.6 Å². The van der Waals surface area contributed by atoms with E-state index in [0.717, 1.165) is 5.57 Å². The molecule has 2 spiro atoms. The van der Waals surface area contributed by atoms with Gasteiger partial charge < -0.3 is 4.74 Å². The molecule has 0 aromatic rings. The minimum atomic E-state index is -0.914. The second kappa shape index (κ2) is 5.30. The van der Waals surface area contributed by atoms with Crippen LogP contribution in [0.1, 0.15) is 53.9 Å². The average Bonchev–Trinajstić information content (AvgIpc) is 2.94. The second-order valence-electron chi connectivity index (χ2n) is 11.0. The van der Waals surface area contributed by atoms with Crippen molar-refractivity contribution in [1.82, 2.24) is 0 Å². The summed E-state index contributed by atoms with van der Waals surface area (Å²) in [5, 5.41) is 0. The molecule has 5 aliphatic carbocycles. The lowest BCUT2D eigenvalue weighted by Crippen LogP contribution is -2.64. The highest BCUT2D eigenvalue weighted by atomic mass is 16.5. The van der Waals surface area contributed by atoms with Crippen molar-refractivity contribution in [3.8, 4) is 0 Å². The van der Waals surface area contributed by atoms with Crippen LogP contribution in [0.5, 0.6) is 0 Å². The molecule has 0 aromatic heterocycles. The number of rotatable bonds is 0. The maximum Gasteiger partial charge on any atom is 0.334 e. The van der Waals surface area contributed by atoms with Gasteiger partial charge in [-0.25, -0.2) is 4.79 Å². The fourth-order valence-corrected chi connectivity index (χ4v) is 7.57. The molecule has 2 bridgehead atoms. The first kappa shape index (κ1) is 19.7. The van der Waals surface area contributed by atoms with E-state index in [4.69, 9.17) is 4.74 Å². The Morgan fingerprint density at radius 1 is 1.03 bits per heavy atom. The van der Waals surface area contributed by atoms with Gasteiger partial charge in [-0.15, -0.1) is 0 Å². The molecule has 1 heterocycles. The zero-order chi connectivity index (χ0) is 21.9. The molecular weight excluding hydrogens is 380 g/mol. The van der Waals surface area contributed by atoms with Gasteiger partial charge in [-0.1, -0.05) is 31.6 Å². The molecule has 1 saturated heterocycles. The number of esters is 1. The molecule has 5 heteroatoms. The van der Waals surface area contributed by atoms with E-state index in [9.17, 15) is 19.2 Å². The van der Waals surface area contributed by atoms with Crippen LogP contribution in [0.4, 0.5) is 0 Å². The first-order valence-corrected chi connectivity index (χ1v) is 10.8. The number of Topliss-reactive ketones (excluding diaryl/α,β-unsaturated/α-hetero) is 1. The summed E-state index contributed by atoms with van der Waals surface area (Å²) in [4.78, 5) is 53.1. The first-order chi connectivity index (χ1) is 13.9. The molecule has 6 rings (SSSR count). The Labute approximate surface area is 176 Å². The highest BCUT2D eigenvalue weighted by Crippen LogP contribution is 2.71. The van der Waals surface area contributed by atoms with E-state index in [-0.39, 0.29) is 29.9 Å². The van der Waals surface area contributed by atoms with E-state index in [1.807, 2.05) is 34.6 Å². The Morgan fingerprint density at radius 2 is 1.73 bits per heavy atom. The van der Waals surface area contributed by atoms with Crippen LogP contribution in [0.3, 0.4) is 0 Å². The van der Waals surface area contributed by atoms with Crippen LogP contribution in [0.2, 0.25) is 0 Å². The van der Waals surface area contributed by atoms with Crippen molar-refractivity contribution in [3.05, 3.63) is 35.5 Å². The highest BCUT2D eigenvalue weighted by Gasteiger charge is 2.74. The molecule has 30 heavy (non-hydrogen) atoms. The molecule has 0 amide bonds. The Balaban J connectivity index is 1.78. The van der Waals surface area contributed by atoms with Crippen LogP contribution < -0.4 is 0 Å². The number of allylic oxidation sites excluding steroid dienone is 4. The fraction of sp³-hybridized carbons (Fsp3) is 0.600. The van der Waals surface area contributed by atoms with Gasteiger partial charge >= 0.3 is 5.97 Å². The summed E-state index contributed by atoms with van der Waals surface area (Å²) in [6.07, 6.45) is 8.35. The summed E-state index contributed by atoms with van der Waals surface area (Å²) in [6.45, 7) is 9.58. The minimum Gasteiger partial charge on any atom is -0.461 e. The van der Waals surface area contributed by atoms with Crippen LogP contribution in [-0.4, -0.2) is 29.9 Å². The van der Waals surface area contributed by atoms with Crippen molar-refractivity contribution in [2.24, 2.45) is 33.0 Å². The lowest BCUT2D eigenvalue weighted by molar-refractivity contribution is -0.163. The van der Waals surface area contributed by atoms with Crippen molar-refractivity contribution in [1.29, 1.82) is 0 Å². The van der Waals surface area contributed by atoms with E-state index in [1.165, 1.54) is 0 Å². The normalized spacial score (nSPS) is 46.2. The summed E-state index contributed by atoms with van der Waals surface area (Å²) in [6, 6.07) is 0. The Morgan fingerprint density at radius 3 is 2.43 bits per heavy atom. The van der Waals surface area contributed by atoms with E-state index >= 15 is 0 Å². The summed E-state index contributed by atoms with van der Waals surface area (Å²) >= 11 is 0. The number of hydrogen-bond acceptors (Lipinski definition) is 5. The van der Waals surface area contributed by atoms with Crippen molar-refractivity contribution < 1.29 is 23.9 Å². The SMILES string of the molecule is CC1=CC(=O)C2(C)C=C3C(=O)OCC13C1(CCC3C(C)(C)C(=O)C=CC3(C)C1=O)C2. The van der Waals surface area contributed by atoms with Crippen LogP contribution >= 0.6 is 0 Å². The van der Waals surface area contributed by atoms with Gasteiger partial charge in [-0.3, -0.25) is 14.4 Å². The van der Waals surface area contributed by atoms with Gasteiger partial charge in [0.25, 0.3) is 0 Å². The third-order valence-electron chi connectivity index (χ3n) is 9.23. The smallest absolute Gasteiger partial charge is 0.334 e. The Bertz CT molecular complexity index is 1040. The number of ketones is 3. The van der Waals surface area contributed by atoms with Crippen molar-refractivity contribution >= 4 is 23.3 Å². The number of carbonyl (C=O) groups is 4. The maximum atomic E-state index is 14.5. The number of carbonyl (C=O) groups excluding carboxylic acids is 4. The van der Waals surface area contributed by atoms with E-state index in [0.29, 0.717) is 24.8 Å². The standard InChI is InChI=1S/C25H28O5/c1-14-10-18(27)22(4)11-15-19(28)30-13-25(14,15)24(12-22)9-6-16-21(2,3)17(26)7-8-23(16,5)20(24)29/h7-8,10-11,16H,6,9,12-13H2,1-5H3. The quantitative estimate of drug-likeness (QED) is 0.573. The molecule has 0 radical (unpaired) electrons. The second-order valence-corrected chi connectivity index (χ2v) is 11.0. The van der Waals surface area contributed by atoms with Gasteiger partial charge in [0.2, 0.25) is 0 Å². The van der Waals surface area contributed by atoms with Crippen LogP contribution in [-0.2, 0) is 23.9 Å². The van der Waals surface area contributed by atoms with E-state index in [2.05, 4.69) is 0 Å². The zero-order valence-electron chi connectivity index (χ0n) is 18.3. The average molecular weight is 408 g/mol. The Kier molecular flexibility index (Phi) is 3.47. The Hall–Kier alpha value is -2.30. The summed E-state index contributed by atoms with van der Waals surface area (Å²) in [5.74, 6) is -0.497. The monoisotopic (exact) mass is 408 g/mol. The van der Waals surface area contributed by atoms with Gasteiger partial charge in [0.1, 0.15) is 12.4 Å². The van der Waals surface area contributed by atoms with Gasteiger partial charge in [0, 0.05) is 27.2 Å². The molecule has 2 fully saturated rings. The molecular formula is C25H28O5. The predicted octanol–water partition coefficient (Wildman–Crippen LogP) is 3.53. The van der Waals surface area contributed by atoms with Crippen molar-refractivity contribution in [3.63, 3.8) is 0 Å². The van der Waals surface area contributed by atoms with E-state index in [1.54, 1.807) is 24.3 Å². The third-order valence-corrected chi connectivity index (χ3v) is 9.23. The number of ether oxygens (including phenoxy) is 1. The molecule has 6 aliphatic rings. The largest absolute Gasteiger partial charge is 0.461 e. The molecule has 5 nitrogen and oxygen atoms in total. The van der Waals surface area contributed by atoms with Crippen LogP contribution in [0.15, 0.2) is 35.5 Å². The van der Waals surface area contributed by atoms with Gasteiger partial charge in [0.05, 0.1) is 5.41 Å². The number of cyclic esters (lactones) is 1. The molecule has 5 atom stereocenters. The first-order valence-electron chi connectivity index (χ1n) is 10.8. The van der Waals surface area contributed by atoms with Gasteiger partial charge in [-0.05, 0) is 58.1 Å². The summed E-state index contributed by atoms with van der Waals surface area (Å²) in [7, 11) is 0. The van der Waals surface area contributed by atoms with E-state index < -0.39 is 33.0 Å². The van der Waals surface area contributed by atoms with Crippen LogP contribution in [0.25, 0.3) is 0 Å². The number of hydrogen-bond donors (Lipinski definition) is 0. The fourth-order valence-electron chi connectivity index (χ4n) is 7.57. The summed E-state index contributed by atoms with van der Waals surface area (Å²) < 4.78 is 5.55. The lowest BCUT2D eigenvalue weighted by atomic mass is 9.39. The predicted molar refractivity (Wildman–Crippen MR) is 109 cm³/mol. The van der Waals surface area contributed by atoms with Gasteiger partial charge in [-0.2, -0.15) is 0 Å². The van der Waals surface area contributed by atoms with Crippen molar-refractivity contribution in [2.45, 2.75) is 53.9 Å². The number of fused-ring (bicyclic) bond motifs is 2. The van der Waals surface area contributed by atoms with Crippen LogP contribution in [0, 0.1) is 33.0 Å². The third kappa shape index (κ3) is 1.86. The molecule has 5 unspecified atom stereocenters. The molecule has 1 aliphatic heterocycles. The highest BCUT2D eigenvalue weighted by molar-refractivity contribution is 6.08. The summed E-state index contributed by atoms with van der Waals surface area (Å²) in [5.41, 5.74) is -2.96. The zero-order valence-corrected chi connectivity index (χ0v) is 18.3. The molecule has 0 aromatic carbocycles.